The summed E-state index contributed by atoms with van der Waals surface area (Å²) in [5, 5.41) is 4.38. The van der Waals surface area contributed by atoms with Gasteiger partial charge in [-0.05, 0) is 47.7 Å². The Morgan fingerprint density at radius 1 is 1.08 bits per heavy atom. The first-order valence-electron chi connectivity index (χ1n) is 8.95. The zero-order chi connectivity index (χ0) is 17.8. The third-order valence-corrected chi connectivity index (χ3v) is 5.03. The van der Waals surface area contributed by atoms with E-state index in [4.69, 9.17) is 16.3 Å². The second-order valence-corrected chi connectivity index (χ2v) is 6.93. The molecule has 3 nitrogen and oxygen atoms in total. The molecular weight excluding hydrogens is 344 g/mol. The molecule has 1 atom stereocenters. The van der Waals surface area contributed by atoms with Gasteiger partial charge in [0.15, 0.2) is 0 Å². The maximum Gasteiger partial charge on any atom is 0.142 e. The number of nitrogens with one attached hydrogen (secondary N) is 1. The summed E-state index contributed by atoms with van der Waals surface area (Å²) < 4.78 is 5.86. The van der Waals surface area contributed by atoms with Gasteiger partial charge in [-0.15, -0.1) is 0 Å². The molecule has 0 aliphatic carbocycles. The average Bonchev–Trinajstić information content (AvgIpc) is 2.91. The molecule has 0 fully saturated rings. The molecule has 0 saturated carbocycles. The van der Waals surface area contributed by atoms with Crippen LogP contribution in [0.25, 0.3) is 11.1 Å². The van der Waals surface area contributed by atoms with E-state index in [2.05, 4.69) is 46.7 Å². The molecule has 0 saturated heterocycles. The van der Waals surface area contributed by atoms with Crippen LogP contribution < -0.4 is 10.1 Å². The molecule has 132 valence electrons. The normalized spacial score (nSPS) is 16.4. The highest BCUT2D eigenvalue weighted by molar-refractivity contribution is 6.32. The van der Waals surface area contributed by atoms with E-state index < -0.39 is 0 Å². The van der Waals surface area contributed by atoms with E-state index in [1.165, 1.54) is 11.1 Å². The fourth-order valence-electron chi connectivity index (χ4n) is 3.42. The van der Waals surface area contributed by atoms with E-state index in [-0.39, 0.29) is 6.04 Å². The lowest BCUT2D eigenvalue weighted by Crippen LogP contribution is -2.20. The molecule has 26 heavy (non-hydrogen) atoms. The second-order valence-electron chi connectivity index (χ2n) is 6.52. The number of pyridine rings is 1. The number of benzene rings is 2. The number of para-hydroxylation sites is 1. The van der Waals surface area contributed by atoms with Gasteiger partial charge in [-0.25, -0.2) is 0 Å². The van der Waals surface area contributed by atoms with Crippen LogP contribution in [0.3, 0.4) is 0 Å². The van der Waals surface area contributed by atoms with Gasteiger partial charge < -0.3 is 10.1 Å². The molecule has 1 N–H and O–H groups in total. The van der Waals surface area contributed by atoms with Gasteiger partial charge in [0.2, 0.25) is 0 Å². The quantitative estimate of drug-likeness (QED) is 0.672. The van der Waals surface area contributed by atoms with Crippen LogP contribution in [-0.2, 0) is 6.54 Å². The number of fused-ring (bicyclic) bond motifs is 1. The zero-order valence-corrected chi connectivity index (χ0v) is 15.2. The maximum atomic E-state index is 6.33. The molecule has 0 radical (unpaired) electrons. The van der Waals surface area contributed by atoms with Crippen molar-refractivity contribution in [1.82, 2.24) is 10.3 Å². The van der Waals surface area contributed by atoms with Crippen molar-refractivity contribution in [3.63, 3.8) is 0 Å². The van der Waals surface area contributed by atoms with Gasteiger partial charge >= 0.3 is 0 Å². The van der Waals surface area contributed by atoms with Crippen molar-refractivity contribution in [3.05, 3.63) is 83.1 Å². The van der Waals surface area contributed by atoms with Crippen molar-refractivity contribution in [2.45, 2.75) is 25.4 Å². The lowest BCUT2D eigenvalue weighted by Gasteiger charge is -2.19. The molecule has 0 unspecified atom stereocenters. The van der Waals surface area contributed by atoms with E-state index in [1.54, 1.807) is 6.20 Å². The topological polar surface area (TPSA) is 34.1 Å². The number of hydrogen-bond acceptors (Lipinski definition) is 3. The summed E-state index contributed by atoms with van der Waals surface area (Å²) >= 11 is 6.33. The Morgan fingerprint density at radius 3 is 2.85 bits per heavy atom. The smallest absolute Gasteiger partial charge is 0.142 e. The zero-order valence-electron chi connectivity index (χ0n) is 14.5. The van der Waals surface area contributed by atoms with Crippen LogP contribution >= 0.6 is 11.6 Å². The van der Waals surface area contributed by atoms with E-state index in [0.717, 1.165) is 36.3 Å². The maximum absolute atomic E-state index is 6.33. The van der Waals surface area contributed by atoms with Crippen LogP contribution in [0.15, 0.2) is 67.0 Å². The van der Waals surface area contributed by atoms with Crippen LogP contribution in [0.2, 0.25) is 5.02 Å². The van der Waals surface area contributed by atoms with Gasteiger partial charge in [0.25, 0.3) is 0 Å². The second kappa shape index (κ2) is 7.90. The fourth-order valence-corrected chi connectivity index (χ4v) is 3.65. The monoisotopic (exact) mass is 364 g/mol. The number of halogens is 1. The van der Waals surface area contributed by atoms with Crippen molar-refractivity contribution < 1.29 is 4.74 Å². The highest BCUT2D eigenvalue weighted by Crippen LogP contribution is 2.37. The van der Waals surface area contributed by atoms with E-state index in [9.17, 15) is 0 Å². The van der Waals surface area contributed by atoms with Crippen LogP contribution in [0, 0.1) is 0 Å². The summed E-state index contributed by atoms with van der Waals surface area (Å²) in [4.78, 5) is 4.21. The predicted molar refractivity (Wildman–Crippen MR) is 105 cm³/mol. The molecule has 1 aliphatic heterocycles. The number of hydrogen-bond donors (Lipinski definition) is 1. The number of ether oxygens (including phenoxy) is 1. The SMILES string of the molecule is Clc1cccc2c1OCCC[C@H]2NCc1cccc(-c2cccnc2)c1. The van der Waals surface area contributed by atoms with Gasteiger partial charge in [0.05, 0.1) is 11.6 Å². The average molecular weight is 365 g/mol. The Hall–Kier alpha value is -2.36. The molecule has 0 bridgehead atoms. The molecule has 1 aliphatic rings. The van der Waals surface area contributed by atoms with Gasteiger partial charge in [-0.2, -0.15) is 0 Å². The Balaban J connectivity index is 1.52. The van der Waals surface area contributed by atoms with E-state index in [0.29, 0.717) is 11.6 Å². The molecule has 2 heterocycles. The summed E-state index contributed by atoms with van der Waals surface area (Å²) in [7, 11) is 0. The molecule has 3 aromatic rings. The Labute approximate surface area is 159 Å². The fraction of sp³-hybridized carbons (Fsp3) is 0.227. The van der Waals surface area contributed by atoms with Gasteiger partial charge in [-0.3, -0.25) is 4.98 Å². The third kappa shape index (κ3) is 3.74. The molecule has 4 heteroatoms. The van der Waals surface area contributed by atoms with Crippen molar-refractivity contribution in [1.29, 1.82) is 0 Å². The van der Waals surface area contributed by atoms with Crippen molar-refractivity contribution >= 4 is 11.6 Å². The predicted octanol–water partition coefficient (Wildman–Crippen LogP) is 5.41. The van der Waals surface area contributed by atoms with Crippen LogP contribution in [0.5, 0.6) is 5.75 Å². The standard InChI is InChI=1S/C22H21ClN2O/c23-20-9-2-8-19-21(10-4-12-26-22(19)20)25-14-16-5-1-6-17(13-16)18-7-3-11-24-15-18/h1-3,5-9,11,13,15,21,25H,4,10,12,14H2/t21-/m1/s1. The minimum atomic E-state index is 0.244. The van der Waals surface area contributed by atoms with Crippen molar-refractivity contribution in [3.8, 4) is 16.9 Å². The highest BCUT2D eigenvalue weighted by Gasteiger charge is 2.21. The summed E-state index contributed by atoms with van der Waals surface area (Å²) in [5.74, 6) is 0.827. The Kier molecular flexibility index (Phi) is 5.19. The number of aromatic nitrogens is 1. The largest absolute Gasteiger partial charge is 0.492 e. The first-order chi connectivity index (χ1) is 12.8. The van der Waals surface area contributed by atoms with Crippen molar-refractivity contribution in [2.24, 2.45) is 0 Å². The lowest BCUT2D eigenvalue weighted by molar-refractivity contribution is 0.315. The molecule has 0 spiro atoms. The van der Waals surface area contributed by atoms with E-state index in [1.807, 2.05) is 24.4 Å². The van der Waals surface area contributed by atoms with Crippen molar-refractivity contribution in [2.75, 3.05) is 6.61 Å². The Bertz CT molecular complexity index is 882. The minimum Gasteiger partial charge on any atom is -0.492 e. The van der Waals surface area contributed by atoms with Crippen LogP contribution in [0.1, 0.15) is 30.0 Å². The summed E-state index contributed by atoms with van der Waals surface area (Å²) in [5.41, 5.74) is 4.72. The Morgan fingerprint density at radius 2 is 1.96 bits per heavy atom. The summed E-state index contributed by atoms with van der Waals surface area (Å²) in [6.07, 6.45) is 5.74. The molecular formula is C22H21ClN2O. The highest BCUT2D eigenvalue weighted by atomic mass is 35.5. The van der Waals surface area contributed by atoms with Crippen LogP contribution in [-0.4, -0.2) is 11.6 Å². The summed E-state index contributed by atoms with van der Waals surface area (Å²) in [6.45, 7) is 1.51. The van der Waals surface area contributed by atoms with E-state index >= 15 is 0 Å². The summed E-state index contributed by atoms with van der Waals surface area (Å²) in [6, 6.07) is 18.9. The number of rotatable bonds is 4. The van der Waals surface area contributed by atoms with Gasteiger partial charge in [-0.1, -0.05) is 48.0 Å². The van der Waals surface area contributed by atoms with Gasteiger partial charge in [0.1, 0.15) is 5.75 Å². The first kappa shape index (κ1) is 17.1. The molecule has 2 aromatic carbocycles. The first-order valence-corrected chi connectivity index (χ1v) is 9.33. The molecule has 4 rings (SSSR count). The minimum absolute atomic E-state index is 0.244. The third-order valence-electron chi connectivity index (χ3n) is 4.73. The number of nitrogens with zero attached hydrogens (tertiary/aromatic N) is 1. The molecule has 1 aromatic heterocycles. The van der Waals surface area contributed by atoms with Gasteiger partial charge in [0, 0.05) is 30.5 Å². The van der Waals surface area contributed by atoms with Crippen LogP contribution in [0.4, 0.5) is 0 Å². The lowest BCUT2D eigenvalue weighted by atomic mass is 10.0. The molecule has 0 amide bonds.